The Morgan fingerprint density at radius 3 is 1.90 bits per heavy atom. The minimum Gasteiger partial charge on any atom is -0.508 e. The van der Waals surface area contributed by atoms with Crippen LogP contribution in [0.1, 0.15) is 16.8 Å². The van der Waals surface area contributed by atoms with Crippen LogP contribution >= 0.6 is 12.6 Å². The molecule has 0 aliphatic rings. The Morgan fingerprint density at radius 1 is 0.825 bits per heavy atom. The van der Waals surface area contributed by atoms with E-state index in [9.17, 15) is 29.4 Å². The topological polar surface area (TPSA) is 200 Å². The van der Waals surface area contributed by atoms with Crippen molar-refractivity contribution in [3.63, 3.8) is 0 Å². The maximum absolute atomic E-state index is 13.5. The average Bonchev–Trinajstić information content (AvgIpc) is 3.45. The van der Waals surface area contributed by atoms with Gasteiger partial charge in [-0.2, -0.15) is 12.6 Å². The summed E-state index contributed by atoms with van der Waals surface area (Å²) in [7, 11) is 0. The van der Waals surface area contributed by atoms with Gasteiger partial charge in [-0.05, 0) is 23.3 Å². The van der Waals surface area contributed by atoms with Gasteiger partial charge in [-0.25, -0.2) is 9.78 Å². The number of aromatic hydroxyl groups is 1. The lowest BCUT2D eigenvalue weighted by Gasteiger charge is -2.25. The number of hydrogen-bond donors (Lipinski definition) is 8. The first-order valence-electron chi connectivity index (χ1n) is 12.5. The maximum Gasteiger partial charge on any atom is 0.327 e. The van der Waals surface area contributed by atoms with E-state index in [4.69, 9.17) is 5.73 Å². The zero-order chi connectivity index (χ0) is 29.1. The lowest BCUT2D eigenvalue weighted by Crippen LogP contribution is -2.58. The van der Waals surface area contributed by atoms with Crippen molar-refractivity contribution in [3.05, 3.63) is 83.9 Å². The van der Waals surface area contributed by atoms with Crippen molar-refractivity contribution in [2.75, 3.05) is 5.75 Å². The predicted molar refractivity (Wildman–Crippen MR) is 150 cm³/mol. The second-order valence-corrected chi connectivity index (χ2v) is 9.52. The maximum atomic E-state index is 13.5. The molecule has 1 heterocycles. The molecule has 4 atom stereocenters. The normalized spacial score (nSPS) is 13.8. The highest BCUT2D eigenvalue weighted by molar-refractivity contribution is 7.80. The first-order chi connectivity index (χ1) is 19.2. The van der Waals surface area contributed by atoms with E-state index in [1.54, 1.807) is 42.6 Å². The highest BCUT2D eigenvalue weighted by atomic mass is 32.1. The SMILES string of the molecule is NC(Cc1cnc[nH]1)C(=O)NC(Cc1ccccc1)C(=O)NC(Cc1ccc(O)cc1)C(=O)NC(CS)C(=O)O. The minimum absolute atomic E-state index is 0.0118. The van der Waals surface area contributed by atoms with Gasteiger partial charge >= 0.3 is 5.97 Å². The highest BCUT2D eigenvalue weighted by Crippen LogP contribution is 2.12. The molecule has 0 saturated heterocycles. The number of nitrogens with one attached hydrogen (secondary N) is 4. The number of nitrogens with two attached hydrogens (primary N) is 1. The van der Waals surface area contributed by atoms with Crippen LogP contribution in [0.4, 0.5) is 0 Å². The Balaban J connectivity index is 1.81. The molecule has 3 amide bonds. The first-order valence-corrected chi connectivity index (χ1v) is 13.1. The Kier molecular flexibility index (Phi) is 11.1. The van der Waals surface area contributed by atoms with Crippen molar-refractivity contribution >= 4 is 36.3 Å². The third-order valence-corrected chi connectivity index (χ3v) is 6.42. The fourth-order valence-electron chi connectivity index (χ4n) is 3.87. The van der Waals surface area contributed by atoms with Gasteiger partial charge in [0.25, 0.3) is 0 Å². The highest BCUT2D eigenvalue weighted by Gasteiger charge is 2.30. The molecule has 12 nitrogen and oxygen atoms in total. The Labute approximate surface area is 236 Å². The molecule has 0 bridgehead atoms. The standard InChI is InChI=1S/C27H32N6O6S/c28-20(12-18-13-29-15-30-18)24(35)31-21(10-16-4-2-1-3-5-16)25(36)32-22(11-17-6-8-19(34)9-7-17)26(37)33-23(14-40)27(38)39/h1-9,13,15,20-23,34,40H,10-12,14,28H2,(H,29,30)(H,31,35)(H,32,36)(H,33,37)(H,38,39). The van der Waals surface area contributed by atoms with Gasteiger partial charge in [0.2, 0.25) is 17.7 Å². The van der Waals surface area contributed by atoms with E-state index in [1.807, 2.05) is 6.07 Å². The number of imidazole rings is 1. The van der Waals surface area contributed by atoms with Crippen LogP contribution in [0, 0.1) is 0 Å². The van der Waals surface area contributed by atoms with Gasteiger partial charge in [0, 0.05) is 36.9 Å². The van der Waals surface area contributed by atoms with Crippen LogP contribution in [0.2, 0.25) is 0 Å². The monoisotopic (exact) mass is 568 g/mol. The second kappa shape index (κ2) is 14.7. The molecule has 2 aromatic carbocycles. The molecule has 0 spiro atoms. The third kappa shape index (κ3) is 9.13. The molecule has 212 valence electrons. The number of aromatic amines is 1. The summed E-state index contributed by atoms with van der Waals surface area (Å²) in [6.07, 6.45) is 3.27. The van der Waals surface area contributed by atoms with Crippen LogP contribution in [0.5, 0.6) is 5.75 Å². The zero-order valence-corrected chi connectivity index (χ0v) is 22.4. The van der Waals surface area contributed by atoms with E-state index in [-0.39, 0.29) is 30.8 Å². The summed E-state index contributed by atoms with van der Waals surface area (Å²) in [6.45, 7) is 0. The molecule has 0 aliphatic heterocycles. The minimum atomic E-state index is -1.28. The Morgan fingerprint density at radius 2 is 1.38 bits per heavy atom. The van der Waals surface area contributed by atoms with E-state index in [0.29, 0.717) is 11.3 Å². The number of carboxylic acid groups (broad SMARTS) is 1. The number of carbonyl (C=O) groups is 4. The van der Waals surface area contributed by atoms with Gasteiger partial charge in [0.1, 0.15) is 23.9 Å². The molecule has 4 unspecified atom stereocenters. The number of nitrogens with zero attached hydrogens (tertiary/aromatic N) is 1. The number of hydrogen-bond acceptors (Lipinski definition) is 8. The molecule has 0 fully saturated rings. The van der Waals surface area contributed by atoms with Crippen molar-refractivity contribution in [1.82, 2.24) is 25.9 Å². The summed E-state index contributed by atoms with van der Waals surface area (Å²) >= 11 is 3.98. The van der Waals surface area contributed by atoms with Crippen LogP contribution < -0.4 is 21.7 Å². The molecule has 0 saturated carbocycles. The Bertz CT molecular complexity index is 1270. The first kappa shape index (κ1) is 30.2. The molecule has 1 aromatic heterocycles. The summed E-state index contributed by atoms with van der Waals surface area (Å²) in [4.78, 5) is 57.9. The number of benzene rings is 2. The summed E-state index contributed by atoms with van der Waals surface area (Å²) < 4.78 is 0. The van der Waals surface area contributed by atoms with Gasteiger partial charge < -0.3 is 36.9 Å². The van der Waals surface area contributed by atoms with Gasteiger partial charge in [-0.3, -0.25) is 14.4 Å². The predicted octanol–water partition coefficient (Wildman–Crippen LogP) is -0.0607. The van der Waals surface area contributed by atoms with E-state index < -0.39 is 47.9 Å². The molecule has 0 aliphatic carbocycles. The number of carboxylic acids is 1. The molecular formula is C27H32N6O6S. The molecule has 40 heavy (non-hydrogen) atoms. The van der Waals surface area contributed by atoms with Crippen molar-refractivity contribution < 1.29 is 29.4 Å². The number of aliphatic carboxylic acids is 1. The van der Waals surface area contributed by atoms with Crippen molar-refractivity contribution in [1.29, 1.82) is 0 Å². The lowest BCUT2D eigenvalue weighted by atomic mass is 10.0. The number of H-pyrrole nitrogens is 1. The summed E-state index contributed by atoms with van der Waals surface area (Å²) in [6, 6.07) is 10.4. The van der Waals surface area contributed by atoms with Crippen LogP contribution in [0.3, 0.4) is 0 Å². The van der Waals surface area contributed by atoms with E-state index >= 15 is 0 Å². The number of amides is 3. The second-order valence-electron chi connectivity index (χ2n) is 9.15. The Hall–Kier alpha value is -4.36. The number of thiol groups is 1. The number of aromatic nitrogens is 2. The third-order valence-electron chi connectivity index (χ3n) is 6.05. The van der Waals surface area contributed by atoms with Crippen molar-refractivity contribution in [2.24, 2.45) is 5.73 Å². The van der Waals surface area contributed by atoms with Crippen LogP contribution in [-0.2, 0) is 38.4 Å². The molecular weight excluding hydrogens is 536 g/mol. The molecule has 3 rings (SSSR count). The van der Waals surface area contributed by atoms with Crippen LogP contribution in [-0.4, -0.2) is 73.8 Å². The van der Waals surface area contributed by atoms with Crippen LogP contribution in [0.15, 0.2) is 67.1 Å². The van der Waals surface area contributed by atoms with Crippen LogP contribution in [0.25, 0.3) is 0 Å². The largest absolute Gasteiger partial charge is 0.508 e. The molecule has 8 N–H and O–H groups in total. The summed E-state index contributed by atoms with van der Waals surface area (Å²) in [5, 5.41) is 26.7. The van der Waals surface area contributed by atoms with E-state index in [0.717, 1.165) is 5.56 Å². The average molecular weight is 569 g/mol. The van der Waals surface area contributed by atoms with E-state index in [2.05, 4.69) is 38.5 Å². The summed E-state index contributed by atoms with van der Waals surface area (Å²) in [5.74, 6) is -3.41. The number of rotatable bonds is 14. The van der Waals surface area contributed by atoms with Gasteiger partial charge in [-0.15, -0.1) is 0 Å². The zero-order valence-electron chi connectivity index (χ0n) is 21.5. The van der Waals surface area contributed by atoms with Gasteiger partial charge in [0.15, 0.2) is 0 Å². The number of phenolic OH excluding ortho intramolecular Hbond substituents is 1. The van der Waals surface area contributed by atoms with E-state index in [1.165, 1.54) is 18.5 Å². The number of phenols is 1. The van der Waals surface area contributed by atoms with Crippen molar-refractivity contribution in [3.8, 4) is 5.75 Å². The lowest BCUT2D eigenvalue weighted by molar-refractivity contribution is -0.141. The molecule has 0 radical (unpaired) electrons. The smallest absolute Gasteiger partial charge is 0.327 e. The fourth-order valence-corrected chi connectivity index (χ4v) is 4.12. The van der Waals surface area contributed by atoms with Crippen molar-refractivity contribution in [2.45, 2.75) is 43.4 Å². The molecule has 13 heteroatoms. The fraction of sp³-hybridized carbons (Fsp3) is 0.296. The van der Waals surface area contributed by atoms with Gasteiger partial charge in [0.05, 0.1) is 12.4 Å². The molecule has 3 aromatic rings. The number of carbonyl (C=O) groups excluding carboxylic acids is 3. The van der Waals surface area contributed by atoms with Gasteiger partial charge in [-0.1, -0.05) is 42.5 Å². The quantitative estimate of drug-likeness (QED) is 0.124. The summed E-state index contributed by atoms with van der Waals surface area (Å²) in [5.41, 5.74) is 8.07.